The summed E-state index contributed by atoms with van der Waals surface area (Å²) in [5, 5.41) is 11.7. The maximum absolute atomic E-state index is 8.64. The lowest BCUT2D eigenvalue weighted by atomic mass is 10.1. The standard InChI is InChI=1S/C14H23N3O2/c1-3-17(11-12(2)14(15)16-18)9-10-19-13-7-5-4-6-8-13/h4-8,12,18H,3,9-11H2,1-2H3,(H2,15,16). The Morgan fingerprint density at radius 3 is 2.68 bits per heavy atom. The molecule has 0 saturated heterocycles. The van der Waals surface area contributed by atoms with Gasteiger partial charge in [-0.3, -0.25) is 4.90 Å². The van der Waals surface area contributed by atoms with Crippen LogP contribution in [0.1, 0.15) is 13.8 Å². The Kier molecular flexibility index (Phi) is 6.74. The number of ether oxygens (including phenoxy) is 1. The number of benzene rings is 1. The molecule has 0 bridgehead atoms. The number of para-hydroxylation sites is 1. The zero-order valence-electron chi connectivity index (χ0n) is 11.6. The van der Waals surface area contributed by atoms with Crippen molar-refractivity contribution in [2.45, 2.75) is 13.8 Å². The summed E-state index contributed by atoms with van der Waals surface area (Å²) >= 11 is 0. The molecule has 0 amide bonds. The SMILES string of the molecule is CCN(CCOc1ccccc1)CC(C)C(N)=NO. The van der Waals surface area contributed by atoms with E-state index in [-0.39, 0.29) is 11.8 Å². The third-order valence-electron chi connectivity index (χ3n) is 3.02. The Labute approximate surface area is 114 Å². The summed E-state index contributed by atoms with van der Waals surface area (Å²) in [6.07, 6.45) is 0. The van der Waals surface area contributed by atoms with Gasteiger partial charge in [-0.25, -0.2) is 0 Å². The molecular weight excluding hydrogens is 242 g/mol. The molecule has 19 heavy (non-hydrogen) atoms. The van der Waals surface area contributed by atoms with Crippen LogP contribution in [-0.4, -0.2) is 42.2 Å². The summed E-state index contributed by atoms with van der Waals surface area (Å²) in [4.78, 5) is 2.21. The zero-order chi connectivity index (χ0) is 14.1. The first-order chi connectivity index (χ1) is 9.17. The summed E-state index contributed by atoms with van der Waals surface area (Å²) in [5.41, 5.74) is 5.58. The molecule has 0 saturated carbocycles. The monoisotopic (exact) mass is 265 g/mol. The van der Waals surface area contributed by atoms with Gasteiger partial charge in [-0.15, -0.1) is 0 Å². The second kappa shape index (κ2) is 8.37. The Bertz CT molecular complexity index is 382. The van der Waals surface area contributed by atoms with Crippen LogP contribution in [-0.2, 0) is 0 Å². The van der Waals surface area contributed by atoms with Crippen LogP contribution in [0, 0.1) is 5.92 Å². The molecule has 0 fully saturated rings. The largest absolute Gasteiger partial charge is 0.492 e. The normalized spacial score (nSPS) is 13.5. The van der Waals surface area contributed by atoms with Gasteiger partial charge in [-0.2, -0.15) is 0 Å². The van der Waals surface area contributed by atoms with Crippen LogP contribution in [0.5, 0.6) is 5.75 Å². The second-order valence-corrected chi connectivity index (χ2v) is 4.48. The van der Waals surface area contributed by atoms with E-state index >= 15 is 0 Å². The summed E-state index contributed by atoms with van der Waals surface area (Å²) in [7, 11) is 0. The summed E-state index contributed by atoms with van der Waals surface area (Å²) < 4.78 is 5.65. The van der Waals surface area contributed by atoms with Crippen molar-refractivity contribution in [1.82, 2.24) is 4.90 Å². The summed E-state index contributed by atoms with van der Waals surface area (Å²) in [6, 6.07) is 9.75. The van der Waals surface area contributed by atoms with E-state index in [1.54, 1.807) is 0 Å². The lowest BCUT2D eigenvalue weighted by Gasteiger charge is -2.23. The van der Waals surface area contributed by atoms with Crippen molar-refractivity contribution in [1.29, 1.82) is 0 Å². The predicted molar refractivity (Wildman–Crippen MR) is 76.6 cm³/mol. The topological polar surface area (TPSA) is 71.1 Å². The fraction of sp³-hybridized carbons (Fsp3) is 0.500. The van der Waals surface area contributed by atoms with E-state index in [1.807, 2.05) is 37.3 Å². The van der Waals surface area contributed by atoms with Gasteiger partial charge >= 0.3 is 0 Å². The Morgan fingerprint density at radius 2 is 2.11 bits per heavy atom. The van der Waals surface area contributed by atoms with Gasteiger partial charge in [0.05, 0.1) is 0 Å². The molecule has 1 atom stereocenters. The molecule has 1 aromatic carbocycles. The minimum Gasteiger partial charge on any atom is -0.492 e. The average molecular weight is 265 g/mol. The molecule has 0 aliphatic heterocycles. The summed E-state index contributed by atoms with van der Waals surface area (Å²) in [5.74, 6) is 1.17. The Hall–Kier alpha value is -1.75. The van der Waals surface area contributed by atoms with E-state index in [4.69, 9.17) is 15.7 Å². The quantitative estimate of drug-likeness (QED) is 0.325. The first-order valence-corrected chi connectivity index (χ1v) is 6.55. The van der Waals surface area contributed by atoms with Crippen LogP contribution in [0.25, 0.3) is 0 Å². The number of hydrogen-bond acceptors (Lipinski definition) is 4. The van der Waals surface area contributed by atoms with Crippen molar-refractivity contribution in [3.63, 3.8) is 0 Å². The first kappa shape index (κ1) is 15.3. The number of oxime groups is 1. The first-order valence-electron chi connectivity index (χ1n) is 6.55. The van der Waals surface area contributed by atoms with Gasteiger partial charge in [-0.05, 0) is 18.7 Å². The van der Waals surface area contributed by atoms with Crippen molar-refractivity contribution in [2.24, 2.45) is 16.8 Å². The molecule has 0 aliphatic rings. The minimum atomic E-state index is 0.0293. The van der Waals surface area contributed by atoms with E-state index in [0.717, 1.165) is 25.4 Å². The number of nitrogens with two attached hydrogens (primary N) is 1. The van der Waals surface area contributed by atoms with Gasteiger partial charge in [0.2, 0.25) is 0 Å². The van der Waals surface area contributed by atoms with Crippen LogP contribution in [0.15, 0.2) is 35.5 Å². The van der Waals surface area contributed by atoms with E-state index in [0.29, 0.717) is 6.61 Å². The Balaban J connectivity index is 2.33. The second-order valence-electron chi connectivity index (χ2n) is 4.48. The molecule has 0 aromatic heterocycles. The number of amidine groups is 1. The van der Waals surface area contributed by atoms with E-state index < -0.39 is 0 Å². The van der Waals surface area contributed by atoms with Gasteiger partial charge in [0, 0.05) is 19.0 Å². The van der Waals surface area contributed by atoms with Crippen LogP contribution >= 0.6 is 0 Å². The smallest absolute Gasteiger partial charge is 0.143 e. The maximum Gasteiger partial charge on any atom is 0.143 e. The highest BCUT2D eigenvalue weighted by atomic mass is 16.5. The molecule has 0 spiro atoms. The van der Waals surface area contributed by atoms with Gasteiger partial charge in [0.1, 0.15) is 18.2 Å². The average Bonchev–Trinajstić information content (AvgIpc) is 2.46. The molecule has 5 nitrogen and oxygen atoms in total. The van der Waals surface area contributed by atoms with Crippen molar-refractivity contribution in [3.05, 3.63) is 30.3 Å². The van der Waals surface area contributed by atoms with E-state index in [2.05, 4.69) is 17.0 Å². The molecule has 1 aromatic rings. The molecule has 1 unspecified atom stereocenters. The summed E-state index contributed by atoms with van der Waals surface area (Å²) in [6.45, 7) is 7.12. The number of rotatable bonds is 8. The molecule has 5 heteroatoms. The van der Waals surface area contributed by atoms with Crippen molar-refractivity contribution < 1.29 is 9.94 Å². The van der Waals surface area contributed by atoms with Crippen molar-refractivity contribution in [3.8, 4) is 5.75 Å². The van der Waals surface area contributed by atoms with Gasteiger partial charge in [-0.1, -0.05) is 37.2 Å². The van der Waals surface area contributed by atoms with E-state index in [9.17, 15) is 0 Å². The molecule has 0 radical (unpaired) electrons. The molecule has 1 rings (SSSR count). The van der Waals surface area contributed by atoms with Crippen LogP contribution in [0.4, 0.5) is 0 Å². The fourth-order valence-electron chi connectivity index (χ4n) is 1.77. The van der Waals surface area contributed by atoms with Crippen LogP contribution < -0.4 is 10.5 Å². The molecule has 0 heterocycles. The highest BCUT2D eigenvalue weighted by Gasteiger charge is 2.12. The maximum atomic E-state index is 8.64. The predicted octanol–water partition coefficient (Wildman–Crippen LogP) is 1.77. The number of hydrogen-bond donors (Lipinski definition) is 2. The van der Waals surface area contributed by atoms with Crippen molar-refractivity contribution >= 4 is 5.84 Å². The highest BCUT2D eigenvalue weighted by Crippen LogP contribution is 2.08. The van der Waals surface area contributed by atoms with Crippen LogP contribution in [0.2, 0.25) is 0 Å². The van der Waals surface area contributed by atoms with Crippen molar-refractivity contribution in [2.75, 3.05) is 26.2 Å². The van der Waals surface area contributed by atoms with Gasteiger partial charge in [0.25, 0.3) is 0 Å². The minimum absolute atomic E-state index is 0.0293. The molecule has 0 aliphatic carbocycles. The lowest BCUT2D eigenvalue weighted by Crippen LogP contribution is -2.37. The lowest BCUT2D eigenvalue weighted by molar-refractivity contribution is 0.206. The molecular formula is C14H23N3O2. The third kappa shape index (κ3) is 5.61. The molecule has 3 N–H and O–H groups in total. The van der Waals surface area contributed by atoms with Gasteiger partial charge in [0.15, 0.2) is 0 Å². The van der Waals surface area contributed by atoms with Gasteiger partial charge < -0.3 is 15.7 Å². The Morgan fingerprint density at radius 1 is 1.42 bits per heavy atom. The highest BCUT2D eigenvalue weighted by molar-refractivity contribution is 5.82. The molecule has 106 valence electrons. The van der Waals surface area contributed by atoms with Crippen LogP contribution in [0.3, 0.4) is 0 Å². The number of nitrogens with zero attached hydrogens (tertiary/aromatic N) is 2. The third-order valence-corrected chi connectivity index (χ3v) is 3.02. The fourth-order valence-corrected chi connectivity index (χ4v) is 1.77. The zero-order valence-corrected chi connectivity index (χ0v) is 11.6. The number of likely N-dealkylation sites (N-methyl/N-ethyl adjacent to an activating group) is 1. The van der Waals surface area contributed by atoms with E-state index in [1.165, 1.54) is 0 Å².